The maximum atomic E-state index is 12.8. The molecule has 0 radical (unpaired) electrons. The van der Waals surface area contributed by atoms with Gasteiger partial charge in [0.25, 0.3) is 0 Å². The Balaban J connectivity index is 2.80. The molecular formula is C20H30IN5O5. The van der Waals surface area contributed by atoms with Crippen LogP contribution < -0.4 is 27.0 Å². The summed E-state index contributed by atoms with van der Waals surface area (Å²) in [6.07, 6.45) is 0.768. The van der Waals surface area contributed by atoms with Crippen molar-refractivity contribution in [2.24, 2.45) is 11.7 Å². The molecule has 0 spiro atoms. The van der Waals surface area contributed by atoms with Crippen LogP contribution in [-0.2, 0) is 20.9 Å². The lowest BCUT2D eigenvalue weighted by atomic mass is 10.0. The minimum absolute atomic E-state index is 0.0365. The van der Waals surface area contributed by atoms with Crippen LogP contribution >= 0.6 is 22.6 Å². The Labute approximate surface area is 195 Å². The van der Waals surface area contributed by atoms with Gasteiger partial charge in [-0.2, -0.15) is 0 Å². The van der Waals surface area contributed by atoms with Gasteiger partial charge in [0.2, 0.25) is 11.8 Å². The second-order valence-electron chi connectivity index (χ2n) is 7.22. The lowest BCUT2D eigenvalue weighted by molar-refractivity contribution is -0.128. The minimum Gasteiger partial charge on any atom is -0.453 e. The zero-order chi connectivity index (χ0) is 23.4. The molecule has 31 heavy (non-hydrogen) atoms. The lowest BCUT2D eigenvalue weighted by Crippen LogP contribution is -2.52. The van der Waals surface area contributed by atoms with Gasteiger partial charge in [0, 0.05) is 12.2 Å². The Morgan fingerprint density at radius 2 is 1.74 bits per heavy atom. The van der Waals surface area contributed by atoms with E-state index in [9.17, 15) is 19.2 Å². The molecule has 0 aliphatic carbocycles. The number of primary amides is 1. The van der Waals surface area contributed by atoms with Crippen molar-refractivity contribution in [2.45, 2.75) is 45.4 Å². The fraction of sp³-hybridized carbons (Fsp3) is 0.500. The van der Waals surface area contributed by atoms with E-state index in [1.54, 1.807) is 53.9 Å². The van der Waals surface area contributed by atoms with E-state index in [1.807, 2.05) is 13.8 Å². The number of hydrogen-bond donors (Lipinski definition) is 5. The van der Waals surface area contributed by atoms with Crippen molar-refractivity contribution in [3.63, 3.8) is 0 Å². The van der Waals surface area contributed by atoms with E-state index in [2.05, 4.69) is 21.3 Å². The summed E-state index contributed by atoms with van der Waals surface area (Å²) in [5.41, 5.74) is 6.37. The quantitative estimate of drug-likeness (QED) is 0.153. The van der Waals surface area contributed by atoms with Crippen LogP contribution in [-0.4, -0.2) is 47.5 Å². The van der Waals surface area contributed by atoms with Crippen molar-refractivity contribution in [2.75, 3.05) is 18.9 Å². The van der Waals surface area contributed by atoms with Crippen LogP contribution in [0.5, 0.6) is 0 Å². The highest BCUT2D eigenvalue weighted by Gasteiger charge is 2.26. The van der Waals surface area contributed by atoms with E-state index in [0.29, 0.717) is 25.1 Å². The molecule has 2 atom stereocenters. The molecule has 0 aliphatic rings. The maximum Gasteiger partial charge on any atom is 0.367 e. The highest BCUT2D eigenvalue weighted by atomic mass is 127. The normalized spacial score (nSPS) is 12.5. The van der Waals surface area contributed by atoms with Crippen molar-refractivity contribution >= 4 is 50.1 Å². The minimum atomic E-state index is -0.795. The Morgan fingerprint density at radius 1 is 1.10 bits per heavy atom. The van der Waals surface area contributed by atoms with Crippen molar-refractivity contribution in [3.05, 3.63) is 29.8 Å². The predicted octanol–water partition coefficient (Wildman–Crippen LogP) is 1.87. The third-order valence-electron chi connectivity index (χ3n) is 4.44. The van der Waals surface area contributed by atoms with Crippen molar-refractivity contribution in [3.8, 4) is 0 Å². The molecule has 10 nitrogen and oxygen atoms in total. The molecule has 0 unspecified atom stereocenters. The first kappa shape index (κ1) is 26.6. The van der Waals surface area contributed by atoms with Crippen LogP contribution in [0.25, 0.3) is 0 Å². The smallest absolute Gasteiger partial charge is 0.367 e. The summed E-state index contributed by atoms with van der Waals surface area (Å²) in [6.45, 7) is 4.24. The first-order chi connectivity index (χ1) is 14.6. The first-order valence-electron chi connectivity index (χ1n) is 9.87. The number of carbonyl (C=O) groups excluding carboxylic acids is 4. The summed E-state index contributed by atoms with van der Waals surface area (Å²) in [5, 5.41) is 11.0. The highest BCUT2D eigenvalue weighted by molar-refractivity contribution is 14.1. The van der Waals surface area contributed by atoms with Gasteiger partial charge in [0.15, 0.2) is 0 Å². The Kier molecular flexibility index (Phi) is 11.9. The molecule has 0 aromatic heterocycles. The summed E-state index contributed by atoms with van der Waals surface area (Å²) in [5.74, 6) is -0.622. The first-order valence-corrected chi connectivity index (χ1v) is 10.9. The van der Waals surface area contributed by atoms with E-state index < -0.39 is 22.1 Å². The van der Waals surface area contributed by atoms with Gasteiger partial charge >= 0.3 is 10.0 Å². The number of urea groups is 1. The number of anilines is 1. The molecule has 172 valence electrons. The number of benzene rings is 1. The Bertz CT molecular complexity index is 757. The van der Waals surface area contributed by atoms with E-state index in [1.165, 1.54) is 0 Å². The lowest BCUT2D eigenvalue weighted by Gasteiger charge is -2.24. The fourth-order valence-electron chi connectivity index (χ4n) is 2.87. The van der Waals surface area contributed by atoms with E-state index >= 15 is 0 Å². The SMILES string of the molecule is CN[C@H](C(=O)N[C@@H](CCCNC(N)=O)C(=O)Nc1ccc(COC(=O)I)cc1)C(C)C. The monoisotopic (exact) mass is 547 g/mol. The zero-order valence-electron chi connectivity index (χ0n) is 17.9. The van der Waals surface area contributed by atoms with Gasteiger partial charge in [-0.05, 0) is 43.5 Å². The number of hydrogen-bond acceptors (Lipinski definition) is 6. The average Bonchev–Trinajstić information content (AvgIpc) is 2.69. The predicted molar refractivity (Wildman–Crippen MR) is 126 cm³/mol. The van der Waals surface area contributed by atoms with Gasteiger partial charge in [-0.25, -0.2) is 9.59 Å². The summed E-state index contributed by atoms with van der Waals surface area (Å²) >= 11 is 1.55. The van der Waals surface area contributed by atoms with Crippen LogP contribution in [0.1, 0.15) is 32.3 Å². The third-order valence-corrected chi connectivity index (χ3v) is 4.75. The van der Waals surface area contributed by atoms with Crippen LogP contribution in [0.15, 0.2) is 24.3 Å². The van der Waals surface area contributed by atoms with Gasteiger partial charge in [-0.15, -0.1) is 0 Å². The molecular weight excluding hydrogens is 517 g/mol. The number of ether oxygens (including phenoxy) is 1. The van der Waals surface area contributed by atoms with Gasteiger partial charge in [0.1, 0.15) is 12.6 Å². The molecule has 0 saturated heterocycles. The second kappa shape index (κ2) is 13.8. The summed E-state index contributed by atoms with van der Waals surface area (Å²) in [6, 6.07) is 4.95. The number of carbonyl (C=O) groups is 4. The Morgan fingerprint density at radius 3 is 2.26 bits per heavy atom. The largest absolute Gasteiger partial charge is 0.453 e. The summed E-state index contributed by atoms with van der Waals surface area (Å²) < 4.78 is 4.52. The molecule has 1 aromatic rings. The fourth-order valence-corrected chi connectivity index (χ4v) is 3.02. The molecule has 0 fully saturated rings. The summed E-state index contributed by atoms with van der Waals surface area (Å²) in [4.78, 5) is 47.2. The topological polar surface area (TPSA) is 152 Å². The standard InChI is InChI=1S/C20H30IN5O5/c1-12(2)16(23-3)18(28)26-15(5-4-10-24-20(22)30)17(27)25-14-8-6-13(7-9-14)11-31-19(21)29/h6-9,12,15-16,23H,4-5,10-11H2,1-3H3,(H,25,27)(H,26,28)(H3,22,24,30)/t15-,16-/m0/s1. The van der Waals surface area contributed by atoms with Crippen LogP contribution in [0.4, 0.5) is 15.3 Å². The molecule has 1 aromatic carbocycles. The maximum absolute atomic E-state index is 12.8. The van der Waals surface area contributed by atoms with Crippen LogP contribution in [0.3, 0.4) is 0 Å². The molecule has 0 saturated carbocycles. The number of halogens is 1. The Hall–Kier alpha value is -2.41. The molecule has 6 N–H and O–H groups in total. The number of nitrogens with two attached hydrogens (primary N) is 1. The van der Waals surface area contributed by atoms with Crippen LogP contribution in [0.2, 0.25) is 0 Å². The molecule has 0 bridgehead atoms. The number of nitrogens with one attached hydrogen (secondary N) is 4. The van der Waals surface area contributed by atoms with Gasteiger partial charge in [-0.3, -0.25) is 9.59 Å². The third kappa shape index (κ3) is 10.4. The molecule has 4 amide bonds. The van der Waals surface area contributed by atoms with Gasteiger partial charge < -0.3 is 31.7 Å². The molecule has 1 rings (SSSR count). The average molecular weight is 547 g/mol. The van der Waals surface area contributed by atoms with Crippen LogP contribution in [0, 0.1) is 5.92 Å². The number of likely N-dealkylation sites (N-methyl/N-ethyl adjacent to an activating group) is 1. The highest BCUT2D eigenvalue weighted by Crippen LogP contribution is 2.13. The number of amides is 4. The van der Waals surface area contributed by atoms with Crippen molar-refractivity contribution < 1.29 is 23.9 Å². The molecule has 0 aliphatic heterocycles. The zero-order valence-corrected chi connectivity index (χ0v) is 20.0. The van der Waals surface area contributed by atoms with E-state index in [-0.39, 0.29) is 24.3 Å². The van der Waals surface area contributed by atoms with E-state index in [0.717, 1.165) is 5.56 Å². The molecule has 11 heteroatoms. The molecule has 0 heterocycles. The number of rotatable bonds is 12. The van der Waals surface area contributed by atoms with Crippen molar-refractivity contribution in [1.29, 1.82) is 0 Å². The van der Waals surface area contributed by atoms with Gasteiger partial charge in [0.05, 0.1) is 28.6 Å². The van der Waals surface area contributed by atoms with Gasteiger partial charge in [-0.1, -0.05) is 26.0 Å². The second-order valence-corrected chi connectivity index (χ2v) is 8.10. The van der Waals surface area contributed by atoms with E-state index in [4.69, 9.17) is 10.5 Å². The summed E-state index contributed by atoms with van der Waals surface area (Å²) in [7, 11) is 1.69. The van der Waals surface area contributed by atoms with Crippen molar-refractivity contribution in [1.82, 2.24) is 16.0 Å².